The van der Waals surface area contributed by atoms with Crippen molar-refractivity contribution in [2.45, 2.75) is 39.5 Å². The van der Waals surface area contributed by atoms with Gasteiger partial charge in [0, 0.05) is 5.16 Å². The fourth-order valence-electron chi connectivity index (χ4n) is 1.17. The van der Waals surface area contributed by atoms with E-state index in [1.165, 1.54) is 0 Å². The predicted molar refractivity (Wildman–Crippen MR) is 53.9 cm³/mol. The van der Waals surface area contributed by atoms with Crippen molar-refractivity contribution in [3.05, 3.63) is 0 Å². The van der Waals surface area contributed by atoms with Crippen molar-refractivity contribution in [2.24, 2.45) is 11.1 Å². The molecule has 0 N–H and O–H groups in total. The first-order chi connectivity index (χ1) is 7.24. The Bertz CT molecular complexity index is 223. The molecule has 1 unspecified atom stereocenters. The molecule has 0 saturated heterocycles. The zero-order valence-electron chi connectivity index (χ0n) is 9.19. The van der Waals surface area contributed by atoms with E-state index < -0.39 is 6.16 Å². The zero-order valence-corrected chi connectivity index (χ0v) is 9.19. The molecule has 15 heavy (non-hydrogen) atoms. The molecule has 0 aromatic rings. The quantitative estimate of drug-likeness (QED) is 0.215. The lowest BCUT2D eigenvalue weighted by atomic mass is 10.0. The molecule has 0 bridgehead atoms. The lowest BCUT2D eigenvalue weighted by Crippen LogP contribution is -2.13. The molecular weight excluding hydrogens is 198 g/mol. The van der Waals surface area contributed by atoms with Crippen molar-refractivity contribution in [2.75, 3.05) is 6.61 Å². The molecule has 0 aliphatic rings. The van der Waals surface area contributed by atoms with Gasteiger partial charge in [-0.15, -0.1) is 0 Å². The molecule has 0 fully saturated rings. The highest BCUT2D eigenvalue weighted by Crippen LogP contribution is 2.12. The van der Waals surface area contributed by atoms with E-state index in [1.54, 1.807) is 0 Å². The maximum Gasteiger partial charge on any atom is 0.535 e. The summed E-state index contributed by atoms with van der Waals surface area (Å²) in [6.45, 7) is 4.46. The topological polar surface area (TPSA) is 65.0 Å². The first-order valence-electron chi connectivity index (χ1n) is 5.15. The predicted octanol–water partition coefficient (Wildman–Crippen LogP) is 2.61. The van der Waals surface area contributed by atoms with Crippen LogP contribution in [0.4, 0.5) is 4.79 Å². The van der Waals surface area contributed by atoms with Crippen molar-refractivity contribution >= 4 is 12.2 Å². The summed E-state index contributed by atoms with van der Waals surface area (Å²) in [6, 6.07) is 0. The van der Waals surface area contributed by atoms with Crippen LogP contribution in [0, 0.1) is 5.92 Å². The van der Waals surface area contributed by atoms with Gasteiger partial charge in [0.25, 0.3) is 6.08 Å². The Kier molecular flexibility index (Phi) is 8.39. The number of nitrogens with zero attached hydrogens (tertiary/aromatic N) is 1. The van der Waals surface area contributed by atoms with Crippen LogP contribution in [0.3, 0.4) is 0 Å². The van der Waals surface area contributed by atoms with Gasteiger partial charge >= 0.3 is 6.16 Å². The first kappa shape index (κ1) is 13.7. The van der Waals surface area contributed by atoms with E-state index in [0.29, 0.717) is 12.5 Å². The molecule has 0 aliphatic heterocycles. The summed E-state index contributed by atoms with van der Waals surface area (Å²) in [4.78, 5) is 24.4. The Labute approximate surface area is 89.4 Å². The SMILES string of the molecule is CCCCC(CC)COC(=O)ON=C=O. The highest BCUT2D eigenvalue weighted by atomic mass is 16.8. The number of isocyanates is 1. The van der Waals surface area contributed by atoms with Crippen LogP contribution < -0.4 is 0 Å². The maximum atomic E-state index is 10.8. The van der Waals surface area contributed by atoms with Gasteiger partial charge in [-0.3, -0.25) is 4.84 Å². The van der Waals surface area contributed by atoms with Gasteiger partial charge in [-0.05, 0) is 12.3 Å². The Morgan fingerprint density at radius 1 is 1.47 bits per heavy atom. The molecule has 0 rings (SSSR count). The molecule has 0 aromatic heterocycles. The van der Waals surface area contributed by atoms with E-state index >= 15 is 0 Å². The van der Waals surface area contributed by atoms with Crippen LogP contribution in [0.25, 0.3) is 0 Å². The molecule has 5 nitrogen and oxygen atoms in total. The lowest BCUT2D eigenvalue weighted by molar-refractivity contribution is 0.0443. The first-order valence-corrected chi connectivity index (χ1v) is 5.15. The summed E-state index contributed by atoms with van der Waals surface area (Å²) in [5.74, 6) is 0.345. The number of carbonyl (C=O) groups excluding carboxylic acids is 2. The van der Waals surface area contributed by atoms with Crippen LogP contribution in [0.5, 0.6) is 0 Å². The molecule has 0 aliphatic carbocycles. The summed E-state index contributed by atoms with van der Waals surface area (Å²) in [5, 5.41) is 2.66. The lowest BCUT2D eigenvalue weighted by Gasteiger charge is -2.12. The van der Waals surface area contributed by atoms with Crippen molar-refractivity contribution in [3.63, 3.8) is 0 Å². The van der Waals surface area contributed by atoms with E-state index in [1.807, 2.05) is 6.92 Å². The summed E-state index contributed by atoms with van der Waals surface area (Å²) in [5.41, 5.74) is 0. The van der Waals surface area contributed by atoms with Crippen LogP contribution in [0.2, 0.25) is 0 Å². The van der Waals surface area contributed by atoms with Crippen molar-refractivity contribution < 1.29 is 19.2 Å². The minimum atomic E-state index is -0.951. The third-order valence-electron chi connectivity index (χ3n) is 2.14. The minimum Gasteiger partial charge on any atom is -0.432 e. The molecule has 0 aromatic carbocycles. The Hall–Kier alpha value is -1.35. The molecule has 1 atom stereocenters. The molecular formula is C10H17NO4. The second kappa shape index (κ2) is 9.21. The van der Waals surface area contributed by atoms with Crippen LogP contribution >= 0.6 is 0 Å². The molecule has 5 heteroatoms. The van der Waals surface area contributed by atoms with Crippen LogP contribution in [0.1, 0.15) is 39.5 Å². The van der Waals surface area contributed by atoms with Gasteiger partial charge in [0.15, 0.2) is 0 Å². The van der Waals surface area contributed by atoms with Crippen LogP contribution in [-0.4, -0.2) is 18.8 Å². The smallest absolute Gasteiger partial charge is 0.432 e. The Morgan fingerprint density at radius 3 is 2.73 bits per heavy atom. The Balaban J connectivity index is 3.69. The maximum absolute atomic E-state index is 10.8. The highest BCUT2D eigenvalue weighted by Gasteiger charge is 2.10. The van der Waals surface area contributed by atoms with Crippen LogP contribution in [0.15, 0.2) is 5.16 Å². The van der Waals surface area contributed by atoms with E-state index in [0.717, 1.165) is 31.8 Å². The van der Waals surface area contributed by atoms with Gasteiger partial charge in [-0.2, -0.15) is 0 Å². The highest BCUT2D eigenvalue weighted by molar-refractivity contribution is 5.60. The number of hydrogen-bond donors (Lipinski definition) is 0. The summed E-state index contributed by atoms with van der Waals surface area (Å²) < 4.78 is 4.76. The van der Waals surface area contributed by atoms with Gasteiger partial charge in [0.1, 0.15) is 0 Å². The monoisotopic (exact) mass is 215 g/mol. The summed E-state index contributed by atoms with van der Waals surface area (Å²) >= 11 is 0. The van der Waals surface area contributed by atoms with Gasteiger partial charge in [-0.1, -0.05) is 33.1 Å². The van der Waals surface area contributed by atoms with E-state index in [2.05, 4.69) is 16.9 Å². The molecule has 0 radical (unpaired) electrons. The van der Waals surface area contributed by atoms with Gasteiger partial charge < -0.3 is 4.74 Å². The van der Waals surface area contributed by atoms with Gasteiger partial charge in [-0.25, -0.2) is 9.59 Å². The zero-order chi connectivity index (χ0) is 11.5. The standard InChI is InChI=1S/C10H17NO4/c1-3-5-6-9(4-2)7-14-10(13)15-11-8-12/h9H,3-7H2,1-2H3. The summed E-state index contributed by atoms with van der Waals surface area (Å²) in [6.07, 6.45) is 4.35. The van der Waals surface area contributed by atoms with Gasteiger partial charge in [0.2, 0.25) is 0 Å². The van der Waals surface area contributed by atoms with Crippen molar-refractivity contribution in [1.29, 1.82) is 0 Å². The van der Waals surface area contributed by atoms with Crippen LogP contribution in [-0.2, 0) is 14.4 Å². The number of carbonyl (C=O) groups is 1. The second-order valence-electron chi connectivity index (χ2n) is 3.25. The second-order valence-corrected chi connectivity index (χ2v) is 3.25. The number of ether oxygens (including phenoxy) is 1. The molecule has 0 spiro atoms. The Morgan fingerprint density at radius 2 is 2.20 bits per heavy atom. The van der Waals surface area contributed by atoms with Crippen molar-refractivity contribution in [3.8, 4) is 0 Å². The average Bonchev–Trinajstić information content (AvgIpc) is 2.26. The normalized spacial score (nSPS) is 11.3. The molecule has 0 heterocycles. The van der Waals surface area contributed by atoms with E-state index in [4.69, 9.17) is 4.74 Å². The van der Waals surface area contributed by atoms with Crippen molar-refractivity contribution in [1.82, 2.24) is 0 Å². The minimum absolute atomic E-state index is 0.309. The van der Waals surface area contributed by atoms with E-state index in [9.17, 15) is 9.59 Å². The molecule has 0 saturated carbocycles. The fraction of sp³-hybridized carbons (Fsp3) is 0.800. The number of unbranched alkanes of at least 4 members (excludes halogenated alkanes) is 1. The summed E-state index contributed by atoms with van der Waals surface area (Å²) in [7, 11) is 0. The molecule has 0 amide bonds. The number of hydrogen-bond acceptors (Lipinski definition) is 5. The number of rotatable bonds is 7. The fourth-order valence-corrected chi connectivity index (χ4v) is 1.17. The largest absolute Gasteiger partial charge is 0.535 e. The third-order valence-corrected chi connectivity index (χ3v) is 2.14. The molecule has 86 valence electrons. The third kappa shape index (κ3) is 7.70. The van der Waals surface area contributed by atoms with Gasteiger partial charge in [0.05, 0.1) is 6.61 Å². The van der Waals surface area contributed by atoms with E-state index in [-0.39, 0.29) is 0 Å². The average molecular weight is 215 g/mol.